The molecule has 2 aromatic carbocycles. The van der Waals surface area contributed by atoms with Crippen molar-refractivity contribution in [3.63, 3.8) is 0 Å². The standard InChI is InChI=1S/C27H31N3O6S/c28-24(33)4-2-1-3-11-29-26(37)30-15-5-8-19-18(12-15)25(34)36-27(19)20-9-6-16(31)13-22(20)35-23-14-17(32)7-10-21(23)27/h5-10,12-14,20,22,24,26,29-33,37H,1-4,11,28H2. The van der Waals surface area contributed by atoms with Crippen LogP contribution in [-0.4, -0.2) is 45.7 Å². The minimum Gasteiger partial charge on any atom is -0.508 e. The SMILES string of the molecule is NC(O)CCCCCNC(S)Nc1ccc2c(c1)C(=O)OC21c2ccc(O)cc2OC2C=C(O)C=CC21. The molecule has 5 rings (SSSR count). The van der Waals surface area contributed by atoms with Crippen LogP contribution < -0.4 is 21.1 Å². The van der Waals surface area contributed by atoms with Gasteiger partial charge < -0.3 is 35.8 Å². The van der Waals surface area contributed by atoms with E-state index in [0.717, 1.165) is 25.8 Å². The van der Waals surface area contributed by atoms with E-state index in [1.54, 1.807) is 36.4 Å². The summed E-state index contributed by atoms with van der Waals surface area (Å²) < 4.78 is 12.2. The fraction of sp³-hybridized carbons (Fsp3) is 0.370. The monoisotopic (exact) mass is 525 g/mol. The van der Waals surface area contributed by atoms with Crippen LogP contribution in [0, 0.1) is 5.92 Å². The second kappa shape index (κ2) is 10.3. The molecule has 1 aliphatic carbocycles. The number of aliphatic hydroxyl groups excluding tert-OH is 2. The molecule has 7 N–H and O–H groups in total. The van der Waals surface area contributed by atoms with Crippen LogP contribution in [0.1, 0.15) is 47.2 Å². The molecule has 5 atom stereocenters. The minimum atomic E-state index is -1.17. The van der Waals surface area contributed by atoms with E-state index in [9.17, 15) is 15.0 Å². The highest BCUT2D eigenvalue weighted by Gasteiger charge is 2.58. The van der Waals surface area contributed by atoms with Crippen LogP contribution in [-0.2, 0) is 10.3 Å². The van der Waals surface area contributed by atoms with Crippen LogP contribution in [0.3, 0.4) is 0 Å². The molecule has 0 saturated heterocycles. The lowest BCUT2D eigenvalue weighted by molar-refractivity contribution is -0.0424. The van der Waals surface area contributed by atoms with E-state index in [-0.39, 0.29) is 17.0 Å². The second-order valence-corrected chi connectivity index (χ2v) is 10.1. The number of carbonyl (C=O) groups excluding carboxylic acids is 1. The Morgan fingerprint density at radius 2 is 1.92 bits per heavy atom. The number of allylic oxidation sites excluding steroid dienone is 1. The Balaban J connectivity index is 1.37. The highest BCUT2D eigenvalue weighted by atomic mass is 32.1. The maximum absolute atomic E-state index is 13.2. The predicted molar refractivity (Wildman–Crippen MR) is 142 cm³/mol. The molecule has 5 unspecified atom stereocenters. The topological polar surface area (TPSA) is 146 Å². The van der Waals surface area contributed by atoms with Gasteiger partial charge in [-0.2, -0.15) is 0 Å². The summed E-state index contributed by atoms with van der Waals surface area (Å²) >= 11 is 4.56. The summed E-state index contributed by atoms with van der Waals surface area (Å²) in [5.41, 5.74) is 6.31. The van der Waals surface area contributed by atoms with Crippen molar-refractivity contribution in [2.75, 3.05) is 11.9 Å². The number of thiol groups is 1. The molecule has 2 aliphatic heterocycles. The van der Waals surface area contributed by atoms with Gasteiger partial charge in [0.15, 0.2) is 5.60 Å². The molecule has 0 aromatic heterocycles. The highest BCUT2D eigenvalue weighted by Crippen LogP contribution is 2.56. The van der Waals surface area contributed by atoms with Gasteiger partial charge in [-0.25, -0.2) is 4.79 Å². The van der Waals surface area contributed by atoms with Crippen molar-refractivity contribution >= 4 is 24.3 Å². The van der Waals surface area contributed by atoms with Crippen LogP contribution in [0.25, 0.3) is 0 Å². The van der Waals surface area contributed by atoms with Gasteiger partial charge in [-0.3, -0.25) is 5.32 Å². The summed E-state index contributed by atoms with van der Waals surface area (Å²) in [7, 11) is 0. The Morgan fingerprint density at radius 3 is 2.73 bits per heavy atom. The fourth-order valence-corrected chi connectivity index (χ4v) is 5.57. The summed E-state index contributed by atoms with van der Waals surface area (Å²) in [6, 6.07) is 10.2. The highest BCUT2D eigenvalue weighted by molar-refractivity contribution is 7.81. The number of nitrogens with two attached hydrogens (primary N) is 1. The van der Waals surface area contributed by atoms with Crippen LogP contribution >= 0.6 is 12.6 Å². The number of phenols is 1. The second-order valence-electron chi connectivity index (χ2n) is 9.54. The lowest BCUT2D eigenvalue weighted by atomic mass is 9.70. The van der Waals surface area contributed by atoms with Crippen molar-refractivity contribution in [1.29, 1.82) is 0 Å². The molecule has 0 fully saturated rings. The lowest BCUT2D eigenvalue weighted by Crippen LogP contribution is -2.48. The fourth-order valence-electron chi connectivity index (χ4n) is 5.29. The van der Waals surface area contributed by atoms with Gasteiger partial charge in [0.25, 0.3) is 0 Å². The number of rotatable bonds is 9. The van der Waals surface area contributed by atoms with Crippen LogP contribution in [0.2, 0.25) is 0 Å². The summed E-state index contributed by atoms with van der Waals surface area (Å²) in [5.74, 6) is -0.391. The molecular weight excluding hydrogens is 494 g/mol. The molecule has 0 bridgehead atoms. The number of unbranched alkanes of at least 4 members (excludes halogenated alkanes) is 2. The number of phenolic OH excluding ortho intramolecular Hbond substituents is 1. The lowest BCUT2D eigenvalue weighted by Gasteiger charge is -2.44. The van der Waals surface area contributed by atoms with Gasteiger partial charge >= 0.3 is 5.97 Å². The Labute approximate surface area is 220 Å². The van der Waals surface area contributed by atoms with Gasteiger partial charge in [0, 0.05) is 22.9 Å². The molecule has 2 aromatic rings. The van der Waals surface area contributed by atoms with E-state index in [1.165, 1.54) is 6.07 Å². The molecule has 196 valence electrons. The average Bonchev–Trinajstić information content (AvgIpc) is 3.13. The van der Waals surface area contributed by atoms with Crippen LogP contribution in [0.5, 0.6) is 11.5 Å². The van der Waals surface area contributed by atoms with E-state index in [1.807, 2.05) is 12.1 Å². The molecule has 9 nitrogen and oxygen atoms in total. The number of ether oxygens (including phenoxy) is 2. The number of benzene rings is 2. The van der Waals surface area contributed by atoms with E-state index in [4.69, 9.17) is 20.3 Å². The van der Waals surface area contributed by atoms with Gasteiger partial charge in [0.05, 0.1) is 11.5 Å². The van der Waals surface area contributed by atoms with Crippen molar-refractivity contribution in [2.24, 2.45) is 11.7 Å². The molecule has 10 heteroatoms. The summed E-state index contributed by atoms with van der Waals surface area (Å²) in [5, 5.41) is 35.8. The average molecular weight is 526 g/mol. The normalized spacial score (nSPS) is 24.8. The number of aliphatic hydroxyl groups is 2. The van der Waals surface area contributed by atoms with Crippen molar-refractivity contribution in [2.45, 2.75) is 49.1 Å². The molecule has 0 amide bonds. The number of nitrogens with one attached hydrogen (secondary N) is 2. The van der Waals surface area contributed by atoms with Crippen molar-refractivity contribution < 1.29 is 29.6 Å². The van der Waals surface area contributed by atoms with E-state index in [2.05, 4.69) is 23.3 Å². The maximum Gasteiger partial charge on any atom is 0.339 e. The predicted octanol–water partition coefficient (Wildman–Crippen LogP) is 3.25. The molecule has 2 heterocycles. The third kappa shape index (κ3) is 4.89. The summed E-state index contributed by atoms with van der Waals surface area (Å²) in [4.78, 5) is 13.2. The minimum absolute atomic E-state index is 0.0280. The first-order chi connectivity index (χ1) is 17.8. The van der Waals surface area contributed by atoms with Gasteiger partial charge in [-0.1, -0.05) is 18.6 Å². The van der Waals surface area contributed by atoms with Gasteiger partial charge in [-0.05, 0) is 62.2 Å². The number of hydrogen-bond acceptors (Lipinski definition) is 10. The maximum atomic E-state index is 13.2. The Hall–Kier alpha value is -3.18. The van der Waals surface area contributed by atoms with E-state index in [0.29, 0.717) is 34.5 Å². The Kier molecular flexibility index (Phi) is 7.09. The quantitative estimate of drug-likeness (QED) is 0.113. The first-order valence-electron chi connectivity index (χ1n) is 12.4. The Morgan fingerprint density at radius 1 is 1.11 bits per heavy atom. The van der Waals surface area contributed by atoms with Crippen molar-refractivity contribution in [3.05, 3.63) is 77.1 Å². The molecule has 1 spiro atoms. The van der Waals surface area contributed by atoms with Gasteiger partial charge in [0.2, 0.25) is 0 Å². The number of fused-ring (bicyclic) bond motifs is 6. The first-order valence-corrected chi connectivity index (χ1v) is 12.9. The number of aromatic hydroxyl groups is 1. The smallest absolute Gasteiger partial charge is 0.339 e. The molecule has 3 aliphatic rings. The van der Waals surface area contributed by atoms with Crippen LogP contribution in [0.15, 0.2) is 60.4 Å². The van der Waals surface area contributed by atoms with Crippen molar-refractivity contribution in [3.8, 4) is 11.5 Å². The van der Waals surface area contributed by atoms with E-state index < -0.39 is 29.8 Å². The van der Waals surface area contributed by atoms with Crippen molar-refractivity contribution in [1.82, 2.24) is 5.32 Å². The molecular formula is C27H31N3O6S. The first kappa shape index (κ1) is 25.5. The van der Waals surface area contributed by atoms with E-state index >= 15 is 0 Å². The largest absolute Gasteiger partial charge is 0.508 e. The van der Waals surface area contributed by atoms with Crippen LogP contribution in [0.4, 0.5) is 5.69 Å². The zero-order chi connectivity index (χ0) is 26.2. The summed E-state index contributed by atoms with van der Waals surface area (Å²) in [6.07, 6.45) is 6.92. The molecule has 37 heavy (non-hydrogen) atoms. The number of esters is 1. The zero-order valence-corrected chi connectivity index (χ0v) is 21.0. The zero-order valence-electron chi connectivity index (χ0n) is 20.1. The number of anilines is 1. The number of hydrogen-bond donors (Lipinski definition) is 7. The Bertz CT molecular complexity index is 1250. The third-order valence-corrected chi connectivity index (χ3v) is 7.28. The third-order valence-electron chi connectivity index (χ3n) is 6.97. The van der Waals surface area contributed by atoms with Gasteiger partial charge in [0.1, 0.15) is 35.1 Å². The van der Waals surface area contributed by atoms with Gasteiger partial charge in [-0.15, -0.1) is 12.6 Å². The summed E-state index contributed by atoms with van der Waals surface area (Å²) in [6.45, 7) is 0.733. The molecule has 0 radical (unpaired) electrons. The molecule has 0 saturated carbocycles. The number of carbonyl (C=O) groups is 1.